The number of rotatable bonds is 0. The lowest BCUT2D eigenvalue weighted by molar-refractivity contribution is -0.137. The van der Waals surface area contributed by atoms with Crippen molar-refractivity contribution in [1.29, 1.82) is 0 Å². The molecule has 1 fully saturated rings. The van der Waals surface area contributed by atoms with Crippen LogP contribution >= 0.6 is 0 Å². The van der Waals surface area contributed by atoms with E-state index in [-0.39, 0.29) is 10.8 Å². The second-order valence-electron chi connectivity index (χ2n) is 7.45. The van der Waals surface area contributed by atoms with Gasteiger partial charge in [-0.2, -0.15) is 0 Å². The molecule has 1 aromatic carbocycles. The van der Waals surface area contributed by atoms with E-state index in [0.29, 0.717) is 23.9 Å². The summed E-state index contributed by atoms with van der Waals surface area (Å²) in [4.78, 5) is 12.3. The van der Waals surface area contributed by atoms with E-state index in [4.69, 9.17) is 0 Å². The number of phenolic OH excluding ortho intramolecular Hbond substituents is 1. The molecule has 2 aliphatic rings. The van der Waals surface area contributed by atoms with Gasteiger partial charge in [-0.15, -0.1) is 0 Å². The highest BCUT2D eigenvalue weighted by Crippen LogP contribution is 2.56. The Labute approximate surface area is 121 Å². The Morgan fingerprint density at radius 1 is 1.20 bits per heavy atom. The van der Waals surface area contributed by atoms with Crippen molar-refractivity contribution in [2.45, 2.75) is 58.8 Å². The first-order chi connectivity index (χ1) is 9.26. The van der Waals surface area contributed by atoms with Crippen molar-refractivity contribution in [2.75, 3.05) is 0 Å². The van der Waals surface area contributed by atoms with Gasteiger partial charge in [-0.05, 0) is 60.3 Å². The average molecular weight is 272 g/mol. The molecular formula is C18H24O2. The standard InChI is InChI=1S/C18H24O2/c1-11-9-12-5-6-15-17(2,3)16(20)7-8-18(15,4)13(12)10-14(11)19/h9-10,15,19H,5-8H2,1-4H3/t15?,18-/m1/s1. The summed E-state index contributed by atoms with van der Waals surface area (Å²) >= 11 is 0. The van der Waals surface area contributed by atoms with E-state index in [9.17, 15) is 9.90 Å². The minimum Gasteiger partial charge on any atom is -0.508 e. The third kappa shape index (κ3) is 1.66. The van der Waals surface area contributed by atoms with Gasteiger partial charge in [-0.3, -0.25) is 4.79 Å². The zero-order valence-electron chi connectivity index (χ0n) is 12.9. The van der Waals surface area contributed by atoms with Gasteiger partial charge in [0, 0.05) is 11.8 Å². The Hall–Kier alpha value is -1.31. The molecule has 0 aliphatic heterocycles. The molecular weight excluding hydrogens is 248 g/mol. The van der Waals surface area contributed by atoms with Gasteiger partial charge in [0.05, 0.1) is 0 Å². The van der Waals surface area contributed by atoms with Crippen molar-refractivity contribution in [1.82, 2.24) is 0 Å². The molecule has 0 amide bonds. The Morgan fingerprint density at radius 3 is 2.60 bits per heavy atom. The minimum absolute atomic E-state index is 0.0240. The van der Waals surface area contributed by atoms with E-state index in [2.05, 4.69) is 26.8 Å². The molecule has 0 saturated heterocycles. The molecule has 0 heterocycles. The molecule has 1 N–H and O–H groups in total. The van der Waals surface area contributed by atoms with Crippen LogP contribution < -0.4 is 0 Å². The molecule has 3 rings (SSSR count). The van der Waals surface area contributed by atoms with Crippen molar-refractivity contribution in [3.63, 3.8) is 0 Å². The van der Waals surface area contributed by atoms with Crippen LogP contribution in [0, 0.1) is 18.3 Å². The van der Waals surface area contributed by atoms with Crippen LogP contribution in [0.15, 0.2) is 12.1 Å². The third-order valence-corrected chi connectivity index (χ3v) is 5.97. The summed E-state index contributed by atoms with van der Waals surface area (Å²) in [6, 6.07) is 4.10. The Bertz CT molecular complexity index is 585. The maximum Gasteiger partial charge on any atom is 0.138 e. The topological polar surface area (TPSA) is 37.3 Å². The monoisotopic (exact) mass is 272 g/mol. The summed E-state index contributed by atoms with van der Waals surface area (Å²) in [5.41, 5.74) is 3.38. The molecule has 2 aliphatic carbocycles. The Balaban J connectivity index is 2.16. The molecule has 2 nitrogen and oxygen atoms in total. The van der Waals surface area contributed by atoms with Crippen LogP contribution in [0.25, 0.3) is 0 Å². The number of phenols is 1. The fraction of sp³-hybridized carbons (Fsp3) is 0.611. The number of fused-ring (bicyclic) bond motifs is 3. The Morgan fingerprint density at radius 2 is 1.90 bits per heavy atom. The van der Waals surface area contributed by atoms with Gasteiger partial charge < -0.3 is 5.11 Å². The van der Waals surface area contributed by atoms with E-state index in [0.717, 1.165) is 24.8 Å². The van der Waals surface area contributed by atoms with Gasteiger partial charge in [-0.25, -0.2) is 0 Å². The van der Waals surface area contributed by atoms with Crippen molar-refractivity contribution >= 4 is 5.78 Å². The lowest BCUT2D eigenvalue weighted by Crippen LogP contribution is -2.52. The summed E-state index contributed by atoms with van der Waals surface area (Å²) < 4.78 is 0. The number of hydrogen-bond donors (Lipinski definition) is 1. The number of Topliss-reactive ketones (excluding diaryl/α,β-unsaturated/α-hetero) is 1. The lowest BCUT2D eigenvalue weighted by Gasteiger charge is -2.53. The molecule has 0 radical (unpaired) electrons. The maximum absolute atomic E-state index is 12.3. The van der Waals surface area contributed by atoms with Gasteiger partial charge in [0.15, 0.2) is 0 Å². The highest BCUT2D eigenvalue weighted by molar-refractivity contribution is 5.86. The van der Waals surface area contributed by atoms with E-state index in [1.165, 1.54) is 11.1 Å². The summed E-state index contributed by atoms with van der Waals surface area (Å²) in [5.74, 6) is 1.17. The zero-order valence-corrected chi connectivity index (χ0v) is 12.9. The molecule has 2 heteroatoms. The van der Waals surface area contributed by atoms with Crippen LogP contribution in [-0.4, -0.2) is 10.9 Å². The summed E-state index contributed by atoms with van der Waals surface area (Å²) in [6.45, 7) is 8.46. The Kier molecular flexibility index (Phi) is 2.80. The number of aromatic hydroxyl groups is 1. The SMILES string of the molecule is Cc1cc2c(cc1O)[C@@]1(C)CCC(=O)C(C)(C)C1CC2. The normalized spacial score (nSPS) is 31.6. The van der Waals surface area contributed by atoms with Gasteiger partial charge >= 0.3 is 0 Å². The fourth-order valence-corrected chi connectivity index (χ4v) is 4.66. The van der Waals surface area contributed by atoms with Gasteiger partial charge in [0.2, 0.25) is 0 Å². The van der Waals surface area contributed by atoms with Crippen molar-refractivity contribution in [2.24, 2.45) is 11.3 Å². The molecule has 0 aromatic heterocycles. The van der Waals surface area contributed by atoms with Gasteiger partial charge in [0.25, 0.3) is 0 Å². The molecule has 0 bridgehead atoms. The summed E-state index contributed by atoms with van der Waals surface area (Å²) in [6.07, 6.45) is 3.67. The van der Waals surface area contributed by atoms with Crippen LogP contribution in [0.2, 0.25) is 0 Å². The second-order valence-corrected chi connectivity index (χ2v) is 7.45. The first-order valence-electron chi connectivity index (χ1n) is 7.63. The maximum atomic E-state index is 12.3. The number of hydrogen-bond acceptors (Lipinski definition) is 2. The second kappa shape index (κ2) is 4.09. The lowest BCUT2D eigenvalue weighted by atomic mass is 9.50. The number of benzene rings is 1. The first-order valence-corrected chi connectivity index (χ1v) is 7.63. The van der Waals surface area contributed by atoms with Crippen LogP contribution in [0.3, 0.4) is 0 Å². The highest BCUT2D eigenvalue weighted by Gasteiger charge is 2.53. The van der Waals surface area contributed by atoms with Crippen LogP contribution in [0.5, 0.6) is 5.75 Å². The molecule has 20 heavy (non-hydrogen) atoms. The third-order valence-electron chi connectivity index (χ3n) is 5.97. The quantitative estimate of drug-likeness (QED) is 0.777. The van der Waals surface area contributed by atoms with Crippen LogP contribution in [0.4, 0.5) is 0 Å². The number of aryl methyl sites for hydroxylation is 2. The van der Waals surface area contributed by atoms with E-state index in [1.54, 1.807) is 0 Å². The van der Waals surface area contributed by atoms with Gasteiger partial charge in [0.1, 0.15) is 11.5 Å². The van der Waals surface area contributed by atoms with Crippen LogP contribution in [0.1, 0.15) is 56.7 Å². The predicted molar refractivity (Wildman–Crippen MR) is 80.0 cm³/mol. The number of ketones is 1. The van der Waals surface area contributed by atoms with E-state index in [1.807, 2.05) is 13.0 Å². The largest absolute Gasteiger partial charge is 0.508 e. The fourth-order valence-electron chi connectivity index (χ4n) is 4.66. The van der Waals surface area contributed by atoms with Crippen molar-refractivity contribution in [3.8, 4) is 5.75 Å². The molecule has 1 saturated carbocycles. The van der Waals surface area contributed by atoms with Crippen LogP contribution in [-0.2, 0) is 16.6 Å². The van der Waals surface area contributed by atoms with Crippen molar-refractivity contribution < 1.29 is 9.90 Å². The smallest absolute Gasteiger partial charge is 0.138 e. The molecule has 1 aromatic rings. The zero-order chi connectivity index (χ0) is 14.7. The predicted octanol–water partition coefficient (Wildman–Crippen LogP) is 3.91. The molecule has 2 atom stereocenters. The summed E-state index contributed by atoms with van der Waals surface area (Å²) in [5, 5.41) is 10.1. The number of carbonyl (C=O) groups excluding carboxylic acids is 1. The molecule has 1 unspecified atom stereocenters. The first kappa shape index (κ1) is 13.7. The van der Waals surface area contributed by atoms with Crippen molar-refractivity contribution in [3.05, 3.63) is 28.8 Å². The van der Waals surface area contributed by atoms with E-state index >= 15 is 0 Å². The van der Waals surface area contributed by atoms with Gasteiger partial charge in [-0.1, -0.05) is 26.8 Å². The van der Waals surface area contributed by atoms with E-state index < -0.39 is 0 Å². The average Bonchev–Trinajstić information content (AvgIpc) is 2.37. The summed E-state index contributed by atoms with van der Waals surface area (Å²) in [7, 11) is 0. The molecule has 108 valence electrons. The number of carbonyl (C=O) groups is 1. The molecule has 0 spiro atoms. The minimum atomic E-state index is -0.245. The highest BCUT2D eigenvalue weighted by atomic mass is 16.3.